The van der Waals surface area contributed by atoms with E-state index in [-0.39, 0.29) is 25.6 Å². The van der Waals surface area contributed by atoms with Gasteiger partial charge in [-0.3, -0.25) is 9.59 Å². The molecule has 1 N–H and O–H groups in total. The third-order valence-corrected chi connectivity index (χ3v) is 7.75. The lowest BCUT2D eigenvalue weighted by Crippen LogP contribution is -2.28. The lowest BCUT2D eigenvalue weighted by Gasteiger charge is -2.15. The van der Waals surface area contributed by atoms with Gasteiger partial charge in [0.15, 0.2) is 6.10 Å². The monoisotopic (exact) mass is 717 g/mol. The second kappa shape index (κ2) is 41.7. The highest BCUT2D eigenvalue weighted by atomic mass is 16.6. The summed E-state index contributed by atoms with van der Waals surface area (Å²) in [6, 6.07) is 0. The molecule has 5 nitrogen and oxygen atoms in total. The van der Waals surface area contributed by atoms with E-state index in [1.54, 1.807) is 0 Å². The van der Waals surface area contributed by atoms with Crippen molar-refractivity contribution in [1.29, 1.82) is 0 Å². The van der Waals surface area contributed by atoms with Gasteiger partial charge in [-0.15, -0.1) is 0 Å². The molecule has 0 rings (SSSR count). The molecule has 0 spiro atoms. The number of aliphatic hydroxyl groups excluding tert-OH is 1. The van der Waals surface area contributed by atoms with Gasteiger partial charge >= 0.3 is 11.9 Å². The molecule has 0 aromatic rings. The normalized spacial score (nSPS) is 13.5. The Morgan fingerprint density at radius 2 is 0.865 bits per heavy atom. The van der Waals surface area contributed by atoms with E-state index in [2.05, 4.69) is 123 Å². The van der Waals surface area contributed by atoms with Crippen LogP contribution in [0.5, 0.6) is 0 Å². The summed E-state index contributed by atoms with van der Waals surface area (Å²) in [6.45, 7) is 3.88. The van der Waals surface area contributed by atoms with E-state index >= 15 is 0 Å². The summed E-state index contributed by atoms with van der Waals surface area (Å²) in [7, 11) is 0. The number of rotatable bonds is 34. The summed E-state index contributed by atoms with van der Waals surface area (Å²) >= 11 is 0. The Balaban J connectivity index is 3.80. The Bertz CT molecular complexity index is 1130. The summed E-state index contributed by atoms with van der Waals surface area (Å²) in [5.74, 6) is -0.739. The van der Waals surface area contributed by atoms with Crippen LogP contribution in [0.1, 0.15) is 142 Å². The standard InChI is InChI=1S/C47H72O5/c1-3-5-7-9-11-13-15-17-19-21-23-25-27-29-31-33-35-37-39-41-46(49)51-44-45(43-48)52-47(50)42-40-38-36-34-32-30-28-26-24-22-20-18-16-14-12-10-8-6-4-2/h5,7,11-14,17-20,23-26,29-32,36,38,45,48H,3-4,6,8-10,15-16,21-22,27-28,33-35,37,39-44H2,1-2H3/b7-5-,13-11-,14-12-,19-17-,20-18-,25-23-,26-24-,31-29-,32-30-,38-36-/t45-/m0/s1. The maximum Gasteiger partial charge on any atom is 0.306 e. The van der Waals surface area contributed by atoms with E-state index < -0.39 is 12.1 Å². The minimum Gasteiger partial charge on any atom is -0.462 e. The smallest absolute Gasteiger partial charge is 0.306 e. The third kappa shape index (κ3) is 39.1. The van der Waals surface area contributed by atoms with Crippen molar-refractivity contribution in [2.75, 3.05) is 13.2 Å². The number of hydrogen-bond acceptors (Lipinski definition) is 5. The Morgan fingerprint density at radius 3 is 1.29 bits per heavy atom. The molecular formula is C47H72O5. The van der Waals surface area contributed by atoms with Crippen molar-refractivity contribution in [1.82, 2.24) is 0 Å². The summed E-state index contributed by atoms with van der Waals surface area (Å²) in [5, 5.41) is 9.55. The van der Waals surface area contributed by atoms with Crippen molar-refractivity contribution in [2.45, 2.75) is 148 Å². The molecule has 0 aliphatic carbocycles. The molecule has 290 valence electrons. The Hall–Kier alpha value is -3.70. The average Bonchev–Trinajstić information content (AvgIpc) is 3.15. The average molecular weight is 717 g/mol. The lowest BCUT2D eigenvalue weighted by molar-refractivity contribution is -0.161. The van der Waals surface area contributed by atoms with E-state index in [1.807, 2.05) is 12.2 Å². The number of aliphatic hydroxyl groups is 1. The molecule has 0 radical (unpaired) electrons. The summed E-state index contributed by atoms with van der Waals surface area (Å²) < 4.78 is 10.5. The van der Waals surface area contributed by atoms with Gasteiger partial charge < -0.3 is 14.6 Å². The fourth-order valence-corrected chi connectivity index (χ4v) is 4.74. The van der Waals surface area contributed by atoms with Crippen LogP contribution in [0.4, 0.5) is 0 Å². The summed E-state index contributed by atoms with van der Waals surface area (Å²) in [4.78, 5) is 24.2. The predicted octanol–water partition coefficient (Wildman–Crippen LogP) is 12.8. The second-order valence-corrected chi connectivity index (χ2v) is 12.6. The van der Waals surface area contributed by atoms with Crippen molar-refractivity contribution < 1.29 is 24.2 Å². The minimum absolute atomic E-state index is 0.122. The van der Waals surface area contributed by atoms with Crippen molar-refractivity contribution in [3.8, 4) is 0 Å². The molecule has 52 heavy (non-hydrogen) atoms. The molecule has 0 heterocycles. The van der Waals surface area contributed by atoms with Crippen molar-refractivity contribution >= 4 is 11.9 Å². The van der Waals surface area contributed by atoms with Gasteiger partial charge in [0.2, 0.25) is 0 Å². The number of unbranched alkanes of at least 4 members (excludes halogenated alkanes) is 6. The Kier molecular flexibility index (Phi) is 38.8. The lowest BCUT2D eigenvalue weighted by atomic mass is 10.1. The van der Waals surface area contributed by atoms with E-state index in [1.165, 1.54) is 25.7 Å². The minimum atomic E-state index is -0.834. The number of esters is 2. The van der Waals surface area contributed by atoms with Crippen molar-refractivity contribution in [2.24, 2.45) is 0 Å². The molecule has 0 aliphatic rings. The number of hydrogen-bond donors (Lipinski definition) is 1. The SMILES string of the molecule is CC/C=C\C/C=C\C/C=C\C/C=C\C/C=C\CCCCCC(=O)OC[C@H](CO)OC(=O)CC/C=C\C/C=C\C/C=C\C/C=C\C/C=C\CCCCC. The molecule has 0 aromatic carbocycles. The molecule has 0 aromatic heterocycles. The number of ether oxygens (including phenoxy) is 2. The molecule has 0 unspecified atom stereocenters. The summed E-state index contributed by atoms with van der Waals surface area (Å²) in [5.41, 5.74) is 0. The zero-order valence-corrected chi connectivity index (χ0v) is 32.8. The third-order valence-electron chi connectivity index (χ3n) is 7.75. The van der Waals surface area contributed by atoms with E-state index in [9.17, 15) is 14.7 Å². The number of allylic oxidation sites excluding steroid dienone is 20. The molecule has 5 heteroatoms. The van der Waals surface area contributed by atoms with Gasteiger partial charge in [0.1, 0.15) is 6.61 Å². The first-order valence-electron chi connectivity index (χ1n) is 20.1. The van der Waals surface area contributed by atoms with Crippen LogP contribution in [-0.2, 0) is 19.1 Å². The molecule has 0 fully saturated rings. The van der Waals surface area contributed by atoms with Gasteiger partial charge in [0.25, 0.3) is 0 Å². The van der Waals surface area contributed by atoms with Crippen molar-refractivity contribution in [3.05, 3.63) is 122 Å². The van der Waals surface area contributed by atoms with Crippen LogP contribution in [0.2, 0.25) is 0 Å². The first-order chi connectivity index (χ1) is 25.6. The fraction of sp³-hybridized carbons (Fsp3) is 0.532. The Morgan fingerprint density at radius 1 is 0.462 bits per heavy atom. The number of carbonyl (C=O) groups excluding carboxylic acids is 2. The molecule has 0 aliphatic heterocycles. The van der Waals surface area contributed by atoms with Crippen LogP contribution in [0.3, 0.4) is 0 Å². The number of carbonyl (C=O) groups is 2. The molecule has 0 saturated carbocycles. The van der Waals surface area contributed by atoms with E-state index in [0.717, 1.165) is 83.5 Å². The molecule has 0 saturated heterocycles. The maximum atomic E-state index is 12.1. The molecule has 0 bridgehead atoms. The molecule has 0 amide bonds. The van der Waals surface area contributed by atoms with Crippen molar-refractivity contribution in [3.63, 3.8) is 0 Å². The van der Waals surface area contributed by atoms with Gasteiger partial charge in [0, 0.05) is 12.8 Å². The van der Waals surface area contributed by atoms with Crippen LogP contribution in [0.15, 0.2) is 122 Å². The van der Waals surface area contributed by atoms with Crippen LogP contribution in [-0.4, -0.2) is 36.4 Å². The maximum absolute atomic E-state index is 12.1. The highest BCUT2D eigenvalue weighted by molar-refractivity contribution is 5.70. The van der Waals surface area contributed by atoms with Crippen LogP contribution >= 0.6 is 0 Å². The highest BCUT2D eigenvalue weighted by Gasteiger charge is 2.15. The largest absolute Gasteiger partial charge is 0.462 e. The zero-order chi connectivity index (χ0) is 37.8. The van der Waals surface area contributed by atoms with Crippen LogP contribution in [0.25, 0.3) is 0 Å². The fourth-order valence-electron chi connectivity index (χ4n) is 4.74. The first-order valence-corrected chi connectivity index (χ1v) is 20.1. The Labute approximate surface area is 318 Å². The topological polar surface area (TPSA) is 72.8 Å². The van der Waals surface area contributed by atoms with Gasteiger partial charge in [0.05, 0.1) is 6.61 Å². The van der Waals surface area contributed by atoms with Gasteiger partial charge in [-0.25, -0.2) is 0 Å². The zero-order valence-electron chi connectivity index (χ0n) is 32.8. The predicted molar refractivity (Wildman–Crippen MR) is 223 cm³/mol. The van der Waals surface area contributed by atoms with E-state index in [0.29, 0.717) is 12.8 Å². The van der Waals surface area contributed by atoms with Crippen LogP contribution < -0.4 is 0 Å². The van der Waals surface area contributed by atoms with Gasteiger partial charge in [-0.2, -0.15) is 0 Å². The van der Waals surface area contributed by atoms with Crippen LogP contribution in [0, 0.1) is 0 Å². The highest BCUT2D eigenvalue weighted by Crippen LogP contribution is 2.07. The molecular weight excluding hydrogens is 645 g/mol. The quantitative estimate of drug-likeness (QED) is 0.0408. The van der Waals surface area contributed by atoms with Gasteiger partial charge in [-0.1, -0.05) is 155 Å². The first kappa shape index (κ1) is 48.3. The molecule has 1 atom stereocenters. The van der Waals surface area contributed by atoms with E-state index in [4.69, 9.17) is 9.47 Å². The summed E-state index contributed by atoms with van der Waals surface area (Å²) in [6.07, 6.45) is 61.2. The van der Waals surface area contributed by atoms with Gasteiger partial charge in [-0.05, 0) is 96.3 Å². The second-order valence-electron chi connectivity index (χ2n) is 12.6.